The number of esters is 2. The zero-order chi connectivity index (χ0) is 16.3. The molecule has 0 aliphatic heterocycles. The first kappa shape index (κ1) is 15.3. The van der Waals surface area contributed by atoms with Crippen LogP contribution in [0.25, 0.3) is 0 Å². The van der Waals surface area contributed by atoms with Gasteiger partial charge in [0.2, 0.25) is 0 Å². The zero-order valence-electron chi connectivity index (χ0n) is 13.0. The highest BCUT2D eigenvalue weighted by atomic mass is 16.5. The molecule has 0 bridgehead atoms. The first-order chi connectivity index (χ1) is 11.2. The fourth-order valence-corrected chi connectivity index (χ4v) is 2.69. The second kappa shape index (κ2) is 6.24. The molecule has 0 amide bonds. The van der Waals surface area contributed by atoms with Crippen molar-refractivity contribution < 1.29 is 19.1 Å². The molecule has 4 nitrogen and oxygen atoms in total. The van der Waals surface area contributed by atoms with Crippen molar-refractivity contribution in [3.05, 3.63) is 71.3 Å². The van der Waals surface area contributed by atoms with Crippen LogP contribution in [-0.4, -0.2) is 19.0 Å². The Bertz CT molecular complexity index is 717. The van der Waals surface area contributed by atoms with Crippen LogP contribution in [0.2, 0.25) is 0 Å². The Balaban J connectivity index is 1.67. The van der Waals surface area contributed by atoms with Crippen LogP contribution in [-0.2, 0) is 26.3 Å². The molecule has 0 unspecified atom stereocenters. The normalized spacial score (nSPS) is 14.8. The molecule has 0 saturated heterocycles. The van der Waals surface area contributed by atoms with E-state index >= 15 is 0 Å². The number of carbonyl (C=O) groups excluding carboxylic acids is 2. The Morgan fingerprint density at radius 3 is 2.43 bits per heavy atom. The van der Waals surface area contributed by atoms with Gasteiger partial charge in [-0.15, -0.1) is 0 Å². The van der Waals surface area contributed by atoms with Crippen molar-refractivity contribution in [2.75, 3.05) is 7.11 Å². The Labute approximate surface area is 135 Å². The van der Waals surface area contributed by atoms with Crippen LogP contribution in [0.5, 0.6) is 0 Å². The molecule has 0 N–H and O–H groups in total. The molecule has 2 aromatic rings. The molecule has 4 heteroatoms. The molecule has 118 valence electrons. The molecule has 0 radical (unpaired) electrons. The third-order valence-corrected chi connectivity index (χ3v) is 4.19. The van der Waals surface area contributed by atoms with Crippen LogP contribution in [0.1, 0.15) is 34.3 Å². The monoisotopic (exact) mass is 310 g/mol. The van der Waals surface area contributed by atoms with E-state index in [0.717, 1.165) is 24.0 Å². The van der Waals surface area contributed by atoms with Gasteiger partial charge in [0.15, 0.2) is 0 Å². The maximum atomic E-state index is 12.5. The maximum absolute atomic E-state index is 12.5. The lowest BCUT2D eigenvalue weighted by molar-refractivity contribution is -0.148. The van der Waals surface area contributed by atoms with Crippen LogP contribution in [0, 0.1) is 0 Å². The number of ether oxygens (including phenoxy) is 2. The lowest BCUT2D eigenvalue weighted by atomic mass is 9.96. The Morgan fingerprint density at radius 2 is 1.78 bits per heavy atom. The second-order valence-electron chi connectivity index (χ2n) is 5.72. The quantitative estimate of drug-likeness (QED) is 0.796. The van der Waals surface area contributed by atoms with E-state index in [0.29, 0.717) is 5.56 Å². The summed E-state index contributed by atoms with van der Waals surface area (Å²) in [6.07, 6.45) is 1.64. The second-order valence-corrected chi connectivity index (χ2v) is 5.72. The summed E-state index contributed by atoms with van der Waals surface area (Å²) in [5, 5.41) is 0. The number of benzene rings is 2. The van der Waals surface area contributed by atoms with Crippen LogP contribution < -0.4 is 0 Å². The smallest absolute Gasteiger partial charge is 0.337 e. The fourth-order valence-electron chi connectivity index (χ4n) is 2.69. The third kappa shape index (κ3) is 3.11. The van der Waals surface area contributed by atoms with Crippen LogP contribution >= 0.6 is 0 Å². The number of hydrogen-bond acceptors (Lipinski definition) is 4. The van der Waals surface area contributed by atoms with Gasteiger partial charge in [-0.2, -0.15) is 0 Å². The predicted octanol–water partition coefficient (Wildman–Crippen LogP) is 3.25. The van der Waals surface area contributed by atoms with E-state index < -0.39 is 11.4 Å². The van der Waals surface area contributed by atoms with Crippen molar-refractivity contribution in [2.45, 2.75) is 24.9 Å². The highest BCUT2D eigenvalue weighted by molar-refractivity contribution is 5.89. The number of hydrogen-bond donors (Lipinski definition) is 0. The number of carbonyl (C=O) groups is 2. The molecule has 0 aromatic heterocycles. The minimum atomic E-state index is -0.485. The first-order valence-electron chi connectivity index (χ1n) is 7.56. The summed E-state index contributed by atoms with van der Waals surface area (Å²) in [5.41, 5.74) is 1.74. The minimum absolute atomic E-state index is 0.151. The zero-order valence-corrected chi connectivity index (χ0v) is 13.0. The summed E-state index contributed by atoms with van der Waals surface area (Å²) in [5.74, 6) is -0.603. The summed E-state index contributed by atoms with van der Waals surface area (Å²) < 4.78 is 10.2. The van der Waals surface area contributed by atoms with Crippen LogP contribution in [0.4, 0.5) is 0 Å². The highest BCUT2D eigenvalue weighted by Crippen LogP contribution is 2.49. The van der Waals surface area contributed by atoms with Crippen molar-refractivity contribution in [1.82, 2.24) is 0 Å². The van der Waals surface area contributed by atoms with Gasteiger partial charge in [0, 0.05) is 0 Å². The molecule has 3 rings (SSSR count). The van der Waals surface area contributed by atoms with Crippen molar-refractivity contribution in [3.8, 4) is 0 Å². The SMILES string of the molecule is COC(=O)c1cccc(COC(=O)C2(c3ccccc3)CC2)c1. The molecular formula is C19H18O4. The summed E-state index contributed by atoms with van der Waals surface area (Å²) in [6.45, 7) is 0.151. The summed E-state index contributed by atoms with van der Waals surface area (Å²) in [4.78, 5) is 24.0. The van der Waals surface area contributed by atoms with Gasteiger partial charge in [-0.1, -0.05) is 42.5 Å². The molecule has 0 spiro atoms. The fraction of sp³-hybridized carbons (Fsp3) is 0.263. The average molecular weight is 310 g/mol. The molecule has 0 atom stereocenters. The Kier molecular flexibility index (Phi) is 4.15. The number of methoxy groups -OCH3 is 1. The minimum Gasteiger partial charge on any atom is -0.465 e. The van der Waals surface area contributed by atoms with Crippen molar-refractivity contribution in [3.63, 3.8) is 0 Å². The topological polar surface area (TPSA) is 52.6 Å². The molecule has 1 fully saturated rings. The summed E-state index contributed by atoms with van der Waals surface area (Å²) in [6, 6.07) is 16.7. The molecule has 1 aliphatic rings. The van der Waals surface area contributed by atoms with E-state index in [1.807, 2.05) is 36.4 Å². The number of rotatable bonds is 5. The Morgan fingerprint density at radius 1 is 1.04 bits per heavy atom. The molecular weight excluding hydrogens is 292 g/mol. The van der Waals surface area contributed by atoms with E-state index in [-0.39, 0.29) is 12.6 Å². The third-order valence-electron chi connectivity index (χ3n) is 4.19. The van der Waals surface area contributed by atoms with Gasteiger partial charge in [-0.3, -0.25) is 4.79 Å². The van der Waals surface area contributed by atoms with E-state index in [1.54, 1.807) is 18.2 Å². The van der Waals surface area contributed by atoms with Crippen molar-refractivity contribution in [1.29, 1.82) is 0 Å². The summed E-state index contributed by atoms with van der Waals surface area (Å²) in [7, 11) is 1.34. The summed E-state index contributed by atoms with van der Waals surface area (Å²) >= 11 is 0. The van der Waals surface area contributed by atoms with E-state index in [4.69, 9.17) is 9.47 Å². The van der Waals surface area contributed by atoms with Gasteiger partial charge < -0.3 is 9.47 Å². The molecule has 1 saturated carbocycles. The highest BCUT2D eigenvalue weighted by Gasteiger charge is 2.52. The lowest BCUT2D eigenvalue weighted by Gasteiger charge is -2.15. The van der Waals surface area contributed by atoms with E-state index in [9.17, 15) is 9.59 Å². The van der Waals surface area contributed by atoms with Gasteiger partial charge in [-0.05, 0) is 36.1 Å². The van der Waals surface area contributed by atoms with Gasteiger partial charge >= 0.3 is 11.9 Å². The average Bonchev–Trinajstić information content (AvgIpc) is 3.42. The molecule has 23 heavy (non-hydrogen) atoms. The van der Waals surface area contributed by atoms with Gasteiger partial charge in [0.05, 0.1) is 18.1 Å². The van der Waals surface area contributed by atoms with Gasteiger partial charge in [0.25, 0.3) is 0 Å². The predicted molar refractivity (Wildman–Crippen MR) is 84.9 cm³/mol. The lowest BCUT2D eigenvalue weighted by Crippen LogP contribution is -2.23. The van der Waals surface area contributed by atoms with Gasteiger partial charge in [0.1, 0.15) is 6.61 Å². The largest absolute Gasteiger partial charge is 0.465 e. The maximum Gasteiger partial charge on any atom is 0.337 e. The van der Waals surface area contributed by atoms with Crippen LogP contribution in [0.15, 0.2) is 54.6 Å². The van der Waals surface area contributed by atoms with Crippen molar-refractivity contribution >= 4 is 11.9 Å². The van der Waals surface area contributed by atoms with E-state index in [2.05, 4.69) is 0 Å². The van der Waals surface area contributed by atoms with Gasteiger partial charge in [-0.25, -0.2) is 4.79 Å². The standard InChI is InChI=1S/C19H18O4/c1-22-17(20)15-7-5-6-14(12-15)13-23-18(21)19(10-11-19)16-8-3-2-4-9-16/h2-9,12H,10-11,13H2,1H3. The molecule has 2 aromatic carbocycles. The Hall–Kier alpha value is -2.62. The first-order valence-corrected chi connectivity index (χ1v) is 7.56. The van der Waals surface area contributed by atoms with E-state index in [1.165, 1.54) is 7.11 Å². The van der Waals surface area contributed by atoms with Crippen LogP contribution in [0.3, 0.4) is 0 Å². The molecule has 1 aliphatic carbocycles. The van der Waals surface area contributed by atoms with Crippen molar-refractivity contribution in [2.24, 2.45) is 0 Å². The molecule has 0 heterocycles.